The summed E-state index contributed by atoms with van der Waals surface area (Å²) in [4.78, 5) is 12.5. The Bertz CT molecular complexity index is 518. The van der Waals surface area contributed by atoms with E-state index < -0.39 is 12.1 Å². The van der Waals surface area contributed by atoms with Gasteiger partial charge >= 0.3 is 5.97 Å². The van der Waals surface area contributed by atoms with Crippen LogP contribution in [0.2, 0.25) is 0 Å². The monoisotopic (exact) mass is 287 g/mol. The summed E-state index contributed by atoms with van der Waals surface area (Å²) in [5, 5.41) is 8.76. The van der Waals surface area contributed by atoms with E-state index in [1.807, 2.05) is 65.6 Å². The second-order valence-electron chi connectivity index (χ2n) is 4.95. The highest BCUT2D eigenvalue weighted by Gasteiger charge is 2.20. The van der Waals surface area contributed by atoms with Crippen LogP contribution in [0.25, 0.3) is 0 Å². The number of benzene rings is 2. The summed E-state index contributed by atoms with van der Waals surface area (Å²) < 4.78 is 13.5. The van der Waals surface area contributed by atoms with Gasteiger partial charge in [0.15, 0.2) is 0 Å². The van der Waals surface area contributed by atoms with E-state index in [2.05, 4.69) is 0 Å². The van der Waals surface area contributed by atoms with Crippen molar-refractivity contribution >= 4 is 5.97 Å². The third-order valence-electron chi connectivity index (χ3n) is 3.18. The second-order valence-corrected chi connectivity index (χ2v) is 4.95. The number of halogens is 1. The van der Waals surface area contributed by atoms with Crippen molar-refractivity contribution in [3.05, 3.63) is 71.8 Å². The van der Waals surface area contributed by atoms with Crippen molar-refractivity contribution in [1.29, 1.82) is 0 Å². The zero-order valence-electron chi connectivity index (χ0n) is 11.7. The van der Waals surface area contributed by atoms with Gasteiger partial charge in [-0.3, -0.25) is 4.90 Å². The molecule has 0 aliphatic carbocycles. The van der Waals surface area contributed by atoms with Gasteiger partial charge in [0.2, 0.25) is 6.17 Å². The Labute approximate surface area is 123 Å². The van der Waals surface area contributed by atoms with Crippen LogP contribution in [-0.4, -0.2) is 28.7 Å². The van der Waals surface area contributed by atoms with Crippen LogP contribution in [0.4, 0.5) is 4.39 Å². The first-order chi connectivity index (χ1) is 10.1. The normalized spacial score (nSPS) is 12.3. The SMILES string of the molecule is O=C(O)C(F)CN(Cc1ccccc1)Cc1ccccc1. The summed E-state index contributed by atoms with van der Waals surface area (Å²) in [6.45, 7) is 0.909. The van der Waals surface area contributed by atoms with Crippen molar-refractivity contribution < 1.29 is 14.3 Å². The largest absolute Gasteiger partial charge is 0.479 e. The average Bonchev–Trinajstić information content (AvgIpc) is 2.49. The molecule has 0 aliphatic heterocycles. The van der Waals surface area contributed by atoms with Crippen molar-refractivity contribution in [3.8, 4) is 0 Å². The average molecular weight is 287 g/mol. The van der Waals surface area contributed by atoms with Crippen molar-refractivity contribution in [2.45, 2.75) is 19.3 Å². The fraction of sp³-hybridized carbons (Fsp3) is 0.235. The second kappa shape index (κ2) is 7.55. The van der Waals surface area contributed by atoms with E-state index in [0.29, 0.717) is 13.1 Å². The summed E-state index contributed by atoms with van der Waals surface area (Å²) in [6.07, 6.45) is -1.88. The molecule has 0 spiro atoms. The smallest absolute Gasteiger partial charge is 0.339 e. The number of aliphatic carboxylic acids is 1. The Morgan fingerprint density at radius 2 is 1.38 bits per heavy atom. The van der Waals surface area contributed by atoms with Crippen LogP contribution in [0, 0.1) is 0 Å². The summed E-state index contributed by atoms with van der Waals surface area (Å²) in [7, 11) is 0. The third-order valence-corrected chi connectivity index (χ3v) is 3.18. The molecule has 0 aromatic heterocycles. The molecule has 1 N–H and O–H groups in total. The van der Waals surface area contributed by atoms with E-state index in [4.69, 9.17) is 5.11 Å². The Morgan fingerprint density at radius 1 is 0.952 bits per heavy atom. The maximum Gasteiger partial charge on any atom is 0.339 e. The van der Waals surface area contributed by atoms with Gasteiger partial charge in [0.1, 0.15) is 0 Å². The standard InChI is InChI=1S/C17H18FNO2/c18-16(17(20)21)13-19(11-14-7-3-1-4-8-14)12-15-9-5-2-6-10-15/h1-10,16H,11-13H2,(H,20,21). The van der Waals surface area contributed by atoms with Gasteiger partial charge in [-0.05, 0) is 11.1 Å². The summed E-state index contributed by atoms with van der Waals surface area (Å²) >= 11 is 0. The van der Waals surface area contributed by atoms with Crippen molar-refractivity contribution in [2.75, 3.05) is 6.54 Å². The van der Waals surface area contributed by atoms with Crippen LogP contribution in [0.5, 0.6) is 0 Å². The molecule has 0 bridgehead atoms. The number of alkyl halides is 1. The Morgan fingerprint density at radius 3 is 1.76 bits per heavy atom. The highest BCUT2D eigenvalue weighted by Crippen LogP contribution is 2.11. The molecule has 0 saturated heterocycles. The van der Waals surface area contributed by atoms with Gasteiger partial charge in [-0.15, -0.1) is 0 Å². The van der Waals surface area contributed by atoms with Gasteiger partial charge in [0, 0.05) is 19.6 Å². The summed E-state index contributed by atoms with van der Waals surface area (Å²) in [5.74, 6) is -1.42. The number of nitrogens with zero attached hydrogens (tertiary/aromatic N) is 1. The highest BCUT2D eigenvalue weighted by molar-refractivity contribution is 5.72. The molecule has 0 heterocycles. The van der Waals surface area contributed by atoms with Crippen LogP contribution in [-0.2, 0) is 17.9 Å². The fourth-order valence-corrected chi connectivity index (χ4v) is 2.17. The van der Waals surface area contributed by atoms with Crippen LogP contribution < -0.4 is 0 Å². The number of hydrogen-bond acceptors (Lipinski definition) is 2. The van der Waals surface area contributed by atoms with Crippen molar-refractivity contribution in [1.82, 2.24) is 4.90 Å². The molecule has 2 rings (SSSR count). The number of carbonyl (C=O) groups is 1. The van der Waals surface area contributed by atoms with Gasteiger partial charge in [-0.25, -0.2) is 9.18 Å². The number of hydrogen-bond donors (Lipinski definition) is 1. The van der Waals surface area contributed by atoms with E-state index in [-0.39, 0.29) is 6.54 Å². The first-order valence-electron chi connectivity index (χ1n) is 6.82. The molecule has 21 heavy (non-hydrogen) atoms. The first-order valence-corrected chi connectivity index (χ1v) is 6.82. The van der Waals surface area contributed by atoms with Gasteiger partial charge in [0.05, 0.1) is 0 Å². The molecule has 1 unspecified atom stereocenters. The predicted octanol–water partition coefficient (Wildman–Crippen LogP) is 3.11. The molecule has 110 valence electrons. The molecular formula is C17H18FNO2. The van der Waals surface area contributed by atoms with Crippen molar-refractivity contribution in [3.63, 3.8) is 0 Å². The van der Waals surface area contributed by atoms with E-state index in [0.717, 1.165) is 11.1 Å². The molecule has 1 atom stereocenters. The van der Waals surface area contributed by atoms with Crippen molar-refractivity contribution in [2.24, 2.45) is 0 Å². The molecule has 0 radical (unpaired) electrons. The molecule has 2 aromatic carbocycles. The minimum absolute atomic E-state index is 0.126. The van der Waals surface area contributed by atoms with E-state index in [1.54, 1.807) is 0 Å². The van der Waals surface area contributed by atoms with Gasteiger partial charge in [-0.2, -0.15) is 0 Å². The third kappa shape index (κ3) is 5.00. The molecular weight excluding hydrogens is 269 g/mol. The lowest BCUT2D eigenvalue weighted by Crippen LogP contribution is -2.33. The maximum atomic E-state index is 13.5. The predicted molar refractivity (Wildman–Crippen MR) is 79.5 cm³/mol. The van der Waals surface area contributed by atoms with Gasteiger partial charge in [0.25, 0.3) is 0 Å². The zero-order valence-corrected chi connectivity index (χ0v) is 11.7. The Hall–Kier alpha value is -2.20. The molecule has 0 amide bonds. The molecule has 0 aliphatic rings. The van der Waals surface area contributed by atoms with Crippen LogP contribution in [0.1, 0.15) is 11.1 Å². The van der Waals surface area contributed by atoms with E-state index >= 15 is 0 Å². The maximum absolute atomic E-state index is 13.5. The van der Waals surface area contributed by atoms with Crippen LogP contribution >= 0.6 is 0 Å². The summed E-state index contributed by atoms with van der Waals surface area (Å²) in [5.41, 5.74) is 2.07. The molecule has 4 heteroatoms. The lowest BCUT2D eigenvalue weighted by molar-refractivity contribution is -0.143. The zero-order chi connectivity index (χ0) is 15.1. The van der Waals surface area contributed by atoms with E-state index in [9.17, 15) is 9.18 Å². The Balaban J connectivity index is 2.08. The lowest BCUT2D eigenvalue weighted by atomic mass is 10.1. The fourth-order valence-electron chi connectivity index (χ4n) is 2.17. The van der Waals surface area contributed by atoms with Gasteiger partial charge in [-0.1, -0.05) is 60.7 Å². The highest BCUT2D eigenvalue weighted by atomic mass is 19.1. The molecule has 0 fully saturated rings. The molecule has 3 nitrogen and oxygen atoms in total. The van der Waals surface area contributed by atoms with Crippen LogP contribution in [0.15, 0.2) is 60.7 Å². The molecule has 0 saturated carbocycles. The van der Waals surface area contributed by atoms with Crippen LogP contribution in [0.3, 0.4) is 0 Å². The number of carboxylic acid groups (broad SMARTS) is 1. The minimum Gasteiger partial charge on any atom is -0.479 e. The lowest BCUT2D eigenvalue weighted by Gasteiger charge is -2.23. The Kier molecular flexibility index (Phi) is 5.46. The number of carboxylic acids is 1. The van der Waals surface area contributed by atoms with E-state index in [1.165, 1.54) is 0 Å². The first kappa shape index (κ1) is 15.2. The number of rotatable bonds is 7. The van der Waals surface area contributed by atoms with Gasteiger partial charge < -0.3 is 5.11 Å². The minimum atomic E-state index is -1.88. The quantitative estimate of drug-likeness (QED) is 0.850. The molecule has 2 aromatic rings. The topological polar surface area (TPSA) is 40.5 Å². The summed E-state index contributed by atoms with van der Waals surface area (Å²) in [6, 6.07) is 19.3.